The molecule has 1 aromatic heterocycles. The Morgan fingerprint density at radius 2 is 2.10 bits per heavy atom. The SMILES string of the molecule is Cc1cnc(Br)c(Cl)c1C. The molecule has 0 aliphatic carbocycles. The first-order chi connectivity index (χ1) is 4.63. The smallest absolute Gasteiger partial charge is 0.124 e. The number of hydrogen-bond donors (Lipinski definition) is 0. The van der Waals surface area contributed by atoms with E-state index in [4.69, 9.17) is 11.6 Å². The van der Waals surface area contributed by atoms with Crippen molar-refractivity contribution in [2.75, 3.05) is 0 Å². The quantitative estimate of drug-likeness (QED) is 0.612. The van der Waals surface area contributed by atoms with Gasteiger partial charge in [-0.1, -0.05) is 11.6 Å². The van der Waals surface area contributed by atoms with Crippen LogP contribution in [0.2, 0.25) is 5.02 Å². The fourth-order valence-electron chi connectivity index (χ4n) is 0.635. The van der Waals surface area contributed by atoms with Crippen molar-refractivity contribution in [1.82, 2.24) is 4.98 Å². The molecule has 0 aromatic carbocycles. The lowest BCUT2D eigenvalue weighted by atomic mass is 10.2. The maximum absolute atomic E-state index is 5.87. The largest absolute Gasteiger partial charge is 0.247 e. The molecule has 10 heavy (non-hydrogen) atoms. The summed E-state index contributed by atoms with van der Waals surface area (Å²) in [5.74, 6) is 0. The molecule has 1 nitrogen and oxygen atoms in total. The highest BCUT2D eigenvalue weighted by Gasteiger charge is 2.02. The lowest BCUT2D eigenvalue weighted by Gasteiger charge is -2.01. The van der Waals surface area contributed by atoms with Crippen LogP contribution in [0.5, 0.6) is 0 Å². The molecule has 0 saturated carbocycles. The van der Waals surface area contributed by atoms with Crippen LogP contribution >= 0.6 is 27.5 Å². The van der Waals surface area contributed by atoms with Gasteiger partial charge in [0, 0.05) is 6.20 Å². The molecule has 0 aliphatic heterocycles. The van der Waals surface area contributed by atoms with Crippen LogP contribution in [-0.4, -0.2) is 4.98 Å². The Balaban J connectivity index is 3.34. The van der Waals surface area contributed by atoms with Crippen molar-refractivity contribution in [2.24, 2.45) is 0 Å². The molecule has 0 amide bonds. The van der Waals surface area contributed by atoms with E-state index in [1.807, 2.05) is 13.8 Å². The van der Waals surface area contributed by atoms with E-state index in [2.05, 4.69) is 20.9 Å². The number of rotatable bonds is 0. The Hall–Kier alpha value is -0.0800. The molecule has 0 atom stereocenters. The Morgan fingerprint density at radius 1 is 1.50 bits per heavy atom. The first kappa shape index (κ1) is 8.02. The second-order valence-electron chi connectivity index (χ2n) is 2.17. The van der Waals surface area contributed by atoms with Crippen LogP contribution in [0.1, 0.15) is 11.1 Å². The minimum Gasteiger partial charge on any atom is -0.247 e. The van der Waals surface area contributed by atoms with E-state index in [0.717, 1.165) is 15.7 Å². The zero-order valence-electron chi connectivity index (χ0n) is 5.78. The molecule has 0 spiro atoms. The zero-order valence-corrected chi connectivity index (χ0v) is 8.12. The van der Waals surface area contributed by atoms with Gasteiger partial charge in [-0.05, 0) is 40.9 Å². The molecule has 3 heteroatoms. The molecule has 1 aromatic rings. The third-order valence-corrected chi connectivity index (χ3v) is 2.77. The van der Waals surface area contributed by atoms with Gasteiger partial charge in [-0.25, -0.2) is 4.98 Å². The molecule has 0 bridgehead atoms. The third kappa shape index (κ3) is 1.32. The summed E-state index contributed by atoms with van der Waals surface area (Å²) in [6.45, 7) is 3.96. The Bertz CT molecular complexity index is 233. The van der Waals surface area contributed by atoms with Crippen LogP contribution in [0.4, 0.5) is 0 Å². The summed E-state index contributed by atoms with van der Waals surface area (Å²) >= 11 is 9.11. The van der Waals surface area contributed by atoms with E-state index in [1.165, 1.54) is 0 Å². The lowest BCUT2D eigenvalue weighted by Crippen LogP contribution is -1.86. The van der Waals surface area contributed by atoms with Gasteiger partial charge in [-0.3, -0.25) is 0 Å². The van der Waals surface area contributed by atoms with E-state index in [0.29, 0.717) is 5.02 Å². The molecule has 1 rings (SSSR count). The molecule has 0 radical (unpaired) electrons. The van der Waals surface area contributed by atoms with E-state index < -0.39 is 0 Å². The molecular formula is C7H7BrClN. The van der Waals surface area contributed by atoms with Gasteiger partial charge in [0.25, 0.3) is 0 Å². The van der Waals surface area contributed by atoms with Crippen LogP contribution in [0, 0.1) is 13.8 Å². The average molecular weight is 220 g/mol. The van der Waals surface area contributed by atoms with Gasteiger partial charge in [0.15, 0.2) is 0 Å². The van der Waals surface area contributed by atoms with Crippen molar-refractivity contribution < 1.29 is 0 Å². The van der Waals surface area contributed by atoms with Gasteiger partial charge in [0.05, 0.1) is 5.02 Å². The maximum Gasteiger partial charge on any atom is 0.124 e. The van der Waals surface area contributed by atoms with Gasteiger partial charge in [0.2, 0.25) is 0 Å². The predicted octanol–water partition coefficient (Wildman–Crippen LogP) is 3.11. The Labute approximate surface area is 73.6 Å². The topological polar surface area (TPSA) is 12.9 Å². The van der Waals surface area contributed by atoms with E-state index in [1.54, 1.807) is 6.20 Å². The second-order valence-corrected chi connectivity index (χ2v) is 3.30. The summed E-state index contributed by atoms with van der Waals surface area (Å²) in [6.07, 6.45) is 1.80. The zero-order chi connectivity index (χ0) is 7.72. The Morgan fingerprint density at radius 3 is 2.60 bits per heavy atom. The third-order valence-electron chi connectivity index (χ3n) is 1.47. The maximum atomic E-state index is 5.87. The van der Waals surface area contributed by atoms with Crippen LogP contribution in [0.3, 0.4) is 0 Å². The molecule has 1 heterocycles. The number of pyridine rings is 1. The molecule has 0 saturated heterocycles. The first-order valence-corrected chi connectivity index (χ1v) is 4.07. The number of nitrogens with zero attached hydrogens (tertiary/aromatic N) is 1. The van der Waals surface area contributed by atoms with Crippen molar-refractivity contribution in [2.45, 2.75) is 13.8 Å². The van der Waals surface area contributed by atoms with Gasteiger partial charge >= 0.3 is 0 Å². The summed E-state index contributed by atoms with van der Waals surface area (Å²) in [5, 5.41) is 0.708. The number of aryl methyl sites for hydroxylation is 1. The summed E-state index contributed by atoms with van der Waals surface area (Å²) in [6, 6.07) is 0. The van der Waals surface area contributed by atoms with Gasteiger partial charge in [-0.2, -0.15) is 0 Å². The Kier molecular flexibility index (Phi) is 2.32. The molecule has 0 N–H and O–H groups in total. The van der Waals surface area contributed by atoms with Crippen LogP contribution in [0.25, 0.3) is 0 Å². The van der Waals surface area contributed by atoms with Gasteiger partial charge in [-0.15, -0.1) is 0 Å². The monoisotopic (exact) mass is 219 g/mol. The van der Waals surface area contributed by atoms with E-state index in [9.17, 15) is 0 Å². The molecule has 0 unspecified atom stereocenters. The highest BCUT2D eigenvalue weighted by molar-refractivity contribution is 9.10. The minimum absolute atomic E-state index is 0.708. The standard InChI is InChI=1S/C7H7BrClN/c1-4-3-10-7(8)6(9)5(4)2/h3H,1-2H3. The number of aromatic nitrogens is 1. The summed E-state index contributed by atoms with van der Waals surface area (Å²) < 4.78 is 0.720. The van der Waals surface area contributed by atoms with E-state index in [-0.39, 0.29) is 0 Å². The van der Waals surface area contributed by atoms with Crippen molar-refractivity contribution in [3.05, 3.63) is 26.9 Å². The first-order valence-electron chi connectivity index (χ1n) is 2.90. The van der Waals surface area contributed by atoms with Crippen molar-refractivity contribution in [3.8, 4) is 0 Å². The minimum atomic E-state index is 0.708. The lowest BCUT2D eigenvalue weighted by molar-refractivity contribution is 1.18. The van der Waals surface area contributed by atoms with Gasteiger partial charge < -0.3 is 0 Å². The predicted molar refractivity (Wildman–Crippen MR) is 46.4 cm³/mol. The van der Waals surface area contributed by atoms with Crippen molar-refractivity contribution >= 4 is 27.5 Å². The fourth-order valence-corrected chi connectivity index (χ4v) is 1.23. The highest BCUT2D eigenvalue weighted by atomic mass is 79.9. The summed E-state index contributed by atoms with van der Waals surface area (Å²) in [7, 11) is 0. The van der Waals surface area contributed by atoms with E-state index >= 15 is 0 Å². The fraction of sp³-hybridized carbons (Fsp3) is 0.286. The normalized spacial score (nSPS) is 10.0. The molecular weight excluding hydrogens is 213 g/mol. The van der Waals surface area contributed by atoms with Crippen LogP contribution in [-0.2, 0) is 0 Å². The summed E-state index contributed by atoms with van der Waals surface area (Å²) in [4.78, 5) is 4.02. The average Bonchev–Trinajstić information content (AvgIpc) is 1.93. The van der Waals surface area contributed by atoms with Crippen molar-refractivity contribution in [1.29, 1.82) is 0 Å². The van der Waals surface area contributed by atoms with Crippen LogP contribution < -0.4 is 0 Å². The van der Waals surface area contributed by atoms with Crippen molar-refractivity contribution in [3.63, 3.8) is 0 Å². The molecule has 54 valence electrons. The number of halogens is 2. The molecule has 0 fully saturated rings. The van der Waals surface area contributed by atoms with Crippen LogP contribution in [0.15, 0.2) is 10.8 Å². The number of hydrogen-bond acceptors (Lipinski definition) is 1. The van der Waals surface area contributed by atoms with Gasteiger partial charge in [0.1, 0.15) is 4.60 Å². The second kappa shape index (κ2) is 2.89. The molecule has 0 aliphatic rings. The highest BCUT2D eigenvalue weighted by Crippen LogP contribution is 2.24. The summed E-state index contributed by atoms with van der Waals surface area (Å²) in [5.41, 5.74) is 2.21.